The Balaban J connectivity index is 1.58. The number of hydrogen-bond donors (Lipinski definition) is 2. The number of benzene rings is 2. The molecule has 0 saturated heterocycles. The molecule has 0 aliphatic carbocycles. The Morgan fingerprint density at radius 1 is 1.03 bits per heavy atom. The SMILES string of the molecule is Cc1nn(-c2ccccc2)c(C)c1CNC(=O)CNC(=O)c1ccc(F)cc1F. The van der Waals surface area contributed by atoms with Gasteiger partial charge in [-0.05, 0) is 38.1 Å². The molecule has 29 heavy (non-hydrogen) atoms. The van der Waals surface area contributed by atoms with E-state index >= 15 is 0 Å². The van der Waals surface area contributed by atoms with Crippen LogP contribution < -0.4 is 10.6 Å². The number of hydrogen-bond acceptors (Lipinski definition) is 3. The number of aryl methyl sites for hydroxylation is 1. The summed E-state index contributed by atoms with van der Waals surface area (Å²) < 4.78 is 28.3. The van der Waals surface area contributed by atoms with Gasteiger partial charge in [0.15, 0.2) is 0 Å². The zero-order valence-electron chi connectivity index (χ0n) is 16.0. The first-order valence-corrected chi connectivity index (χ1v) is 8.97. The number of halogens is 2. The van der Waals surface area contributed by atoms with Crippen LogP contribution in [0.2, 0.25) is 0 Å². The first kappa shape index (κ1) is 20.2. The van der Waals surface area contributed by atoms with Gasteiger partial charge in [0.05, 0.1) is 23.5 Å². The van der Waals surface area contributed by atoms with E-state index in [1.54, 1.807) is 4.68 Å². The number of para-hydroxylation sites is 1. The molecule has 1 aromatic heterocycles. The van der Waals surface area contributed by atoms with Gasteiger partial charge in [-0.3, -0.25) is 9.59 Å². The van der Waals surface area contributed by atoms with E-state index < -0.39 is 23.4 Å². The van der Waals surface area contributed by atoms with Gasteiger partial charge in [0.1, 0.15) is 11.6 Å². The highest BCUT2D eigenvalue weighted by Crippen LogP contribution is 2.17. The van der Waals surface area contributed by atoms with Gasteiger partial charge in [-0.1, -0.05) is 18.2 Å². The normalized spacial score (nSPS) is 10.6. The molecule has 0 unspecified atom stereocenters. The maximum absolute atomic E-state index is 13.6. The van der Waals surface area contributed by atoms with Crippen molar-refractivity contribution in [1.29, 1.82) is 0 Å². The van der Waals surface area contributed by atoms with Crippen molar-refractivity contribution in [2.45, 2.75) is 20.4 Å². The monoisotopic (exact) mass is 398 g/mol. The molecule has 0 bridgehead atoms. The van der Waals surface area contributed by atoms with Gasteiger partial charge in [-0.25, -0.2) is 13.5 Å². The zero-order chi connectivity index (χ0) is 21.0. The van der Waals surface area contributed by atoms with E-state index in [1.165, 1.54) is 0 Å². The molecule has 3 aromatic rings. The number of amides is 2. The van der Waals surface area contributed by atoms with Gasteiger partial charge < -0.3 is 10.6 Å². The summed E-state index contributed by atoms with van der Waals surface area (Å²) in [5.74, 6) is -2.99. The summed E-state index contributed by atoms with van der Waals surface area (Å²) in [4.78, 5) is 24.0. The van der Waals surface area contributed by atoms with Crippen LogP contribution in [0.5, 0.6) is 0 Å². The Labute approximate surface area is 166 Å². The molecule has 0 atom stereocenters. The second-order valence-electron chi connectivity index (χ2n) is 6.48. The lowest BCUT2D eigenvalue weighted by molar-refractivity contribution is -0.120. The lowest BCUT2D eigenvalue weighted by Gasteiger charge is -2.09. The highest BCUT2D eigenvalue weighted by atomic mass is 19.1. The van der Waals surface area contributed by atoms with Crippen molar-refractivity contribution >= 4 is 11.8 Å². The lowest BCUT2D eigenvalue weighted by Crippen LogP contribution is -2.37. The second kappa shape index (κ2) is 8.64. The van der Waals surface area contributed by atoms with Crippen molar-refractivity contribution in [3.05, 3.63) is 82.7 Å². The molecule has 2 aromatic carbocycles. The lowest BCUT2D eigenvalue weighted by atomic mass is 10.2. The molecule has 6 nitrogen and oxygen atoms in total. The topological polar surface area (TPSA) is 76.0 Å². The molecule has 2 N–H and O–H groups in total. The van der Waals surface area contributed by atoms with Crippen molar-refractivity contribution in [2.75, 3.05) is 6.54 Å². The van der Waals surface area contributed by atoms with Crippen LogP contribution in [0.1, 0.15) is 27.3 Å². The van der Waals surface area contributed by atoms with Gasteiger partial charge in [0.2, 0.25) is 5.91 Å². The molecular formula is C21H20F2N4O2. The summed E-state index contributed by atoms with van der Waals surface area (Å²) in [7, 11) is 0. The van der Waals surface area contributed by atoms with E-state index in [0.29, 0.717) is 6.07 Å². The van der Waals surface area contributed by atoms with Crippen molar-refractivity contribution in [1.82, 2.24) is 20.4 Å². The van der Waals surface area contributed by atoms with Crippen LogP contribution in [0.25, 0.3) is 5.69 Å². The molecule has 0 fully saturated rings. The van der Waals surface area contributed by atoms with Crippen LogP contribution in [0.15, 0.2) is 48.5 Å². The molecule has 0 spiro atoms. The molecule has 1 heterocycles. The van der Waals surface area contributed by atoms with Gasteiger partial charge in [-0.2, -0.15) is 5.10 Å². The fourth-order valence-corrected chi connectivity index (χ4v) is 2.93. The summed E-state index contributed by atoms with van der Waals surface area (Å²) >= 11 is 0. The molecular weight excluding hydrogens is 378 g/mol. The number of nitrogens with zero attached hydrogens (tertiary/aromatic N) is 2. The van der Waals surface area contributed by atoms with E-state index in [1.807, 2.05) is 44.2 Å². The Kier molecular flexibility index (Phi) is 6.01. The molecule has 150 valence electrons. The van der Waals surface area contributed by atoms with Crippen molar-refractivity contribution in [2.24, 2.45) is 0 Å². The highest BCUT2D eigenvalue weighted by molar-refractivity contribution is 5.96. The third-order valence-corrected chi connectivity index (χ3v) is 4.49. The number of rotatable bonds is 6. The second-order valence-corrected chi connectivity index (χ2v) is 6.48. The molecule has 0 aliphatic heterocycles. The van der Waals surface area contributed by atoms with E-state index in [-0.39, 0.29) is 18.7 Å². The number of nitrogens with one attached hydrogen (secondary N) is 2. The minimum atomic E-state index is -0.984. The number of carbonyl (C=O) groups excluding carboxylic acids is 2. The van der Waals surface area contributed by atoms with Crippen LogP contribution in [-0.2, 0) is 11.3 Å². The quantitative estimate of drug-likeness (QED) is 0.671. The summed E-state index contributed by atoms with van der Waals surface area (Å²) in [6.07, 6.45) is 0. The average Bonchev–Trinajstić information content (AvgIpc) is 2.99. The zero-order valence-corrected chi connectivity index (χ0v) is 16.0. The van der Waals surface area contributed by atoms with Gasteiger partial charge in [0, 0.05) is 23.9 Å². The summed E-state index contributed by atoms with van der Waals surface area (Å²) in [5, 5.41) is 9.55. The van der Waals surface area contributed by atoms with E-state index in [4.69, 9.17) is 0 Å². The third kappa shape index (κ3) is 4.66. The minimum Gasteiger partial charge on any atom is -0.350 e. The van der Waals surface area contributed by atoms with E-state index in [9.17, 15) is 18.4 Å². The minimum absolute atomic E-state index is 0.240. The molecule has 0 radical (unpaired) electrons. The predicted molar refractivity (Wildman–Crippen MR) is 104 cm³/mol. The highest BCUT2D eigenvalue weighted by Gasteiger charge is 2.16. The first-order valence-electron chi connectivity index (χ1n) is 8.97. The van der Waals surface area contributed by atoms with Crippen molar-refractivity contribution in [3.63, 3.8) is 0 Å². The number of aromatic nitrogens is 2. The maximum atomic E-state index is 13.6. The van der Waals surface area contributed by atoms with Crippen molar-refractivity contribution in [3.8, 4) is 5.69 Å². The van der Waals surface area contributed by atoms with Gasteiger partial charge in [-0.15, -0.1) is 0 Å². The molecule has 8 heteroatoms. The third-order valence-electron chi connectivity index (χ3n) is 4.49. The van der Waals surface area contributed by atoms with E-state index in [0.717, 1.165) is 34.8 Å². The summed E-state index contributed by atoms with van der Waals surface area (Å²) in [6.45, 7) is 3.67. The Morgan fingerprint density at radius 2 is 1.76 bits per heavy atom. The summed E-state index contributed by atoms with van der Waals surface area (Å²) in [6, 6.07) is 12.3. The molecule has 2 amide bonds. The molecule has 0 aliphatic rings. The Morgan fingerprint density at radius 3 is 2.45 bits per heavy atom. The van der Waals surface area contributed by atoms with Crippen molar-refractivity contribution < 1.29 is 18.4 Å². The Bertz CT molecular complexity index is 1050. The van der Waals surface area contributed by atoms with Gasteiger partial charge >= 0.3 is 0 Å². The van der Waals surface area contributed by atoms with Crippen LogP contribution in [-0.4, -0.2) is 28.1 Å². The average molecular weight is 398 g/mol. The number of carbonyl (C=O) groups is 2. The molecule has 3 rings (SSSR count). The van der Waals surface area contributed by atoms with Crippen LogP contribution >= 0.6 is 0 Å². The maximum Gasteiger partial charge on any atom is 0.254 e. The summed E-state index contributed by atoms with van der Waals surface area (Å²) in [5.41, 5.74) is 3.14. The molecule has 0 saturated carbocycles. The van der Waals surface area contributed by atoms with E-state index in [2.05, 4.69) is 15.7 Å². The smallest absolute Gasteiger partial charge is 0.254 e. The van der Waals surface area contributed by atoms with Crippen LogP contribution in [0.4, 0.5) is 8.78 Å². The van der Waals surface area contributed by atoms with Crippen LogP contribution in [0.3, 0.4) is 0 Å². The first-order chi connectivity index (χ1) is 13.9. The predicted octanol–water partition coefficient (Wildman–Crippen LogP) is 2.81. The fraction of sp³-hybridized carbons (Fsp3) is 0.190. The van der Waals surface area contributed by atoms with Crippen LogP contribution in [0, 0.1) is 25.5 Å². The standard InChI is InChI=1S/C21H20F2N4O2/c1-13-18(14(2)27(26-13)16-6-4-3-5-7-16)11-24-20(28)12-25-21(29)17-9-8-15(22)10-19(17)23/h3-10H,11-12H2,1-2H3,(H,24,28)(H,25,29). The largest absolute Gasteiger partial charge is 0.350 e. The Hall–Kier alpha value is -3.55. The van der Waals surface area contributed by atoms with Gasteiger partial charge in [0.25, 0.3) is 5.91 Å². The fourth-order valence-electron chi connectivity index (χ4n) is 2.93.